The van der Waals surface area contributed by atoms with Crippen LogP contribution in [0.1, 0.15) is 26.7 Å². The normalized spacial score (nSPS) is 9.86. The van der Waals surface area contributed by atoms with Gasteiger partial charge in [-0.25, -0.2) is 0 Å². The predicted molar refractivity (Wildman–Crippen MR) is 57.4 cm³/mol. The summed E-state index contributed by atoms with van der Waals surface area (Å²) in [7, 11) is 0. The number of rotatable bonds is 6. The molecule has 77 valence electrons. The zero-order valence-corrected chi connectivity index (χ0v) is 8.82. The Bertz CT molecular complexity index is 241. The number of benzene rings is 1. The molecule has 0 aliphatic carbocycles. The molecule has 2 heteroatoms. The number of hydrogen-bond donors (Lipinski definition) is 0. The molecule has 0 saturated carbocycles. The molecule has 2 nitrogen and oxygen atoms in total. The molecule has 0 spiro atoms. The van der Waals surface area contributed by atoms with Crippen molar-refractivity contribution < 1.29 is 9.47 Å². The van der Waals surface area contributed by atoms with Gasteiger partial charge in [0.1, 0.15) is 18.1 Å². The molecular formula is C12H17O2. The summed E-state index contributed by atoms with van der Waals surface area (Å²) in [6.45, 7) is 6.62. The van der Waals surface area contributed by atoms with Crippen LogP contribution in [0.2, 0.25) is 0 Å². The van der Waals surface area contributed by atoms with Gasteiger partial charge in [-0.05, 0) is 37.6 Å². The van der Waals surface area contributed by atoms with Crippen molar-refractivity contribution in [2.75, 3.05) is 6.61 Å². The lowest BCUT2D eigenvalue weighted by atomic mass is 10.3. The topological polar surface area (TPSA) is 18.5 Å². The van der Waals surface area contributed by atoms with E-state index in [0.717, 1.165) is 24.3 Å². The van der Waals surface area contributed by atoms with E-state index in [9.17, 15) is 0 Å². The molecule has 0 amide bonds. The minimum Gasteiger partial charge on any atom is -0.494 e. The van der Waals surface area contributed by atoms with Gasteiger partial charge in [0, 0.05) is 0 Å². The Labute approximate surface area is 85.8 Å². The first-order valence-corrected chi connectivity index (χ1v) is 5.08. The van der Waals surface area contributed by atoms with Crippen LogP contribution < -0.4 is 9.47 Å². The third-order valence-electron chi connectivity index (χ3n) is 1.76. The average molecular weight is 193 g/mol. The van der Waals surface area contributed by atoms with Gasteiger partial charge in [0.15, 0.2) is 0 Å². The molecule has 1 aromatic carbocycles. The zero-order chi connectivity index (χ0) is 10.2. The molecule has 0 atom stereocenters. The lowest BCUT2D eigenvalue weighted by Crippen LogP contribution is -1.92. The molecule has 0 aromatic heterocycles. The van der Waals surface area contributed by atoms with Crippen LogP contribution in [-0.2, 0) is 0 Å². The fourth-order valence-electron chi connectivity index (χ4n) is 1.05. The standard InChI is InChI=1S/C12H17O2/c1-3-5-10-14-12-8-6-11(7-9-12)13-4-2/h6-10H,3-5H2,1-2H3. The van der Waals surface area contributed by atoms with Crippen molar-refractivity contribution in [2.45, 2.75) is 26.7 Å². The summed E-state index contributed by atoms with van der Waals surface area (Å²) in [6, 6.07) is 7.66. The van der Waals surface area contributed by atoms with E-state index in [2.05, 4.69) is 6.92 Å². The van der Waals surface area contributed by atoms with Gasteiger partial charge in [0.05, 0.1) is 6.61 Å². The van der Waals surface area contributed by atoms with Crippen LogP contribution in [0.15, 0.2) is 24.3 Å². The van der Waals surface area contributed by atoms with E-state index < -0.39 is 0 Å². The number of hydrogen-bond acceptors (Lipinski definition) is 2. The second-order valence-corrected chi connectivity index (χ2v) is 2.98. The fraction of sp³-hybridized carbons (Fsp3) is 0.417. The predicted octanol–water partition coefficient (Wildman–Crippen LogP) is 3.43. The van der Waals surface area contributed by atoms with Crippen LogP contribution in [0.4, 0.5) is 0 Å². The Morgan fingerprint density at radius 1 is 1.07 bits per heavy atom. The number of unbranched alkanes of at least 4 members (excludes halogenated alkanes) is 1. The third kappa shape index (κ3) is 3.69. The van der Waals surface area contributed by atoms with Crippen molar-refractivity contribution in [3.8, 4) is 11.5 Å². The molecule has 0 saturated heterocycles. The van der Waals surface area contributed by atoms with Crippen molar-refractivity contribution in [1.82, 2.24) is 0 Å². The zero-order valence-electron chi connectivity index (χ0n) is 8.82. The largest absolute Gasteiger partial charge is 0.494 e. The number of ether oxygens (including phenoxy) is 2. The van der Waals surface area contributed by atoms with Gasteiger partial charge in [-0.2, -0.15) is 0 Å². The Morgan fingerprint density at radius 2 is 1.71 bits per heavy atom. The first-order valence-electron chi connectivity index (χ1n) is 5.08. The summed E-state index contributed by atoms with van der Waals surface area (Å²) in [5, 5.41) is 0. The minimum absolute atomic E-state index is 0.697. The van der Waals surface area contributed by atoms with Crippen molar-refractivity contribution in [1.29, 1.82) is 0 Å². The molecule has 0 aliphatic heterocycles. The van der Waals surface area contributed by atoms with Crippen LogP contribution in [-0.4, -0.2) is 6.61 Å². The maximum atomic E-state index is 5.40. The maximum absolute atomic E-state index is 5.40. The van der Waals surface area contributed by atoms with Gasteiger partial charge in [0.2, 0.25) is 0 Å². The molecule has 0 unspecified atom stereocenters. The first-order chi connectivity index (χ1) is 6.86. The highest BCUT2D eigenvalue weighted by Gasteiger charge is 1.95. The van der Waals surface area contributed by atoms with Gasteiger partial charge in [-0.15, -0.1) is 0 Å². The monoisotopic (exact) mass is 193 g/mol. The highest BCUT2D eigenvalue weighted by Crippen LogP contribution is 2.18. The first kappa shape index (κ1) is 10.9. The van der Waals surface area contributed by atoms with Crippen LogP contribution in [0.25, 0.3) is 0 Å². The smallest absolute Gasteiger partial charge is 0.135 e. The minimum atomic E-state index is 0.697. The summed E-state index contributed by atoms with van der Waals surface area (Å²) in [6.07, 6.45) is 2.09. The molecule has 14 heavy (non-hydrogen) atoms. The molecule has 1 rings (SSSR count). The van der Waals surface area contributed by atoms with E-state index in [1.165, 1.54) is 0 Å². The van der Waals surface area contributed by atoms with Crippen LogP contribution in [0, 0.1) is 6.61 Å². The molecule has 0 aliphatic rings. The van der Waals surface area contributed by atoms with E-state index in [-0.39, 0.29) is 0 Å². The Kier molecular flexibility index (Phi) is 4.90. The SMILES string of the molecule is CCC[CH]Oc1ccc(OCC)cc1. The third-order valence-corrected chi connectivity index (χ3v) is 1.76. The van der Waals surface area contributed by atoms with Crippen molar-refractivity contribution >= 4 is 0 Å². The van der Waals surface area contributed by atoms with Gasteiger partial charge in [-0.3, -0.25) is 0 Å². The van der Waals surface area contributed by atoms with Crippen molar-refractivity contribution in [2.24, 2.45) is 0 Å². The highest BCUT2D eigenvalue weighted by molar-refractivity contribution is 5.31. The lowest BCUT2D eigenvalue weighted by Gasteiger charge is -2.06. The van der Waals surface area contributed by atoms with Crippen molar-refractivity contribution in [3.63, 3.8) is 0 Å². The quantitative estimate of drug-likeness (QED) is 0.644. The molecule has 1 radical (unpaired) electrons. The maximum Gasteiger partial charge on any atom is 0.135 e. The van der Waals surface area contributed by atoms with Crippen LogP contribution >= 0.6 is 0 Å². The second kappa shape index (κ2) is 6.30. The van der Waals surface area contributed by atoms with Crippen molar-refractivity contribution in [3.05, 3.63) is 30.9 Å². The van der Waals surface area contributed by atoms with E-state index in [4.69, 9.17) is 9.47 Å². The summed E-state index contributed by atoms with van der Waals surface area (Å²) in [4.78, 5) is 0. The van der Waals surface area contributed by atoms with Crippen LogP contribution in [0.5, 0.6) is 11.5 Å². The van der Waals surface area contributed by atoms with Gasteiger partial charge in [0.25, 0.3) is 0 Å². The fourth-order valence-corrected chi connectivity index (χ4v) is 1.05. The molecule has 0 fully saturated rings. The molecule has 0 N–H and O–H groups in total. The van der Waals surface area contributed by atoms with Gasteiger partial charge < -0.3 is 9.47 Å². The summed E-state index contributed by atoms with van der Waals surface area (Å²) < 4.78 is 10.7. The highest BCUT2D eigenvalue weighted by atomic mass is 16.5. The van der Waals surface area contributed by atoms with E-state index >= 15 is 0 Å². The molecule has 0 heterocycles. The van der Waals surface area contributed by atoms with Gasteiger partial charge in [-0.1, -0.05) is 13.3 Å². The summed E-state index contributed by atoms with van der Waals surface area (Å²) in [5.41, 5.74) is 0. The van der Waals surface area contributed by atoms with Crippen LogP contribution in [0.3, 0.4) is 0 Å². The summed E-state index contributed by atoms with van der Waals surface area (Å²) in [5.74, 6) is 1.75. The second-order valence-electron chi connectivity index (χ2n) is 2.98. The Hall–Kier alpha value is -1.18. The van der Waals surface area contributed by atoms with E-state index in [1.807, 2.05) is 37.8 Å². The molecular weight excluding hydrogens is 176 g/mol. The average Bonchev–Trinajstić information content (AvgIpc) is 2.21. The Balaban J connectivity index is 2.38. The molecule has 0 bridgehead atoms. The lowest BCUT2D eigenvalue weighted by molar-refractivity contribution is 0.338. The van der Waals surface area contributed by atoms with E-state index in [0.29, 0.717) is 6.61 Å². The Morgan fingerprint density at radius 3 is 2.29 bits per heavy atom. The molecule has 1 aromatic rings. The van der Waals surface area contributed by atoms with Gasteiger partial charge >= 0.3 is 0 Å². The summed E-state index contributed by atoms with van der Waals surface area (Å²) >= 11 is 0. The van der Waals surface area contributed by atoms with E-state index in [1.54, 1.807) is 0 Å².